The maximum atomic E-state index is 14.7. The zero-order chi connectivity index (χ0) is 17.4. The first-order chi connectivity index (χ1) is 12.1. The van der Waals surface area contributed by atoms with E-state index in [1.54, 1.807) is 24.3 Å². The predicted octanol–water partition coefficient (Wildman–Crippen LogP) is 3.03. The fourth-order valence-electron chi connectivity index (χ4n) is 3.35. The summed E-state index contributed by atoms with van der Waals surface area (Å²) in [5.74, 6) is -0.722. The van der Waals surface area contributed by atoms with Gasteiger partial charge in [-0.3, -0.25) is 9.59 Å². The van der Waals surface area contributed by atoms with Gasteiger partial charge in [0.15, 0.2) is 0 Å². The molecule has 3 N–H and O–H groups in total. The number of benzene rings is 2. The van der Waals surface area contributed by atoms with Crippen molar-refractivity contribution < 1.29 is 14.0 Å². The molecule has 0 aliphatic carbocycles. The molecule has 2 aromatic rings. The lowest BCUT2D eigenvalue weighted by molar-refractivity contribution is -0.116. The van der Waals surface area contributed by atoms with Gasteiger partial charge in [-0.05, 0) is 60.3 Å². The Morgan fingerprint density at radius 2 is 1.92 bits per heavy atom. The molecule has 2 heterocycles. The van der Waals surface area contributed by atoms with Gasteiger partial charge in [-0.2, -0.15) is 0 Å². The highest BCUT2D eigenvalue weighted by atomic mass is 35.5. The Hall–Kier alpha value is -2.44. The number of anilines is 2. The number of nitrogens with one attached hydrogen (secondary N) is 3. The molecule has 136 valence electrons. The molecular weight excluding hydrogens is 357 g/mol. The molecule has 0 spiro atoms. The van der Waals surface area contributed by atoms with Gasteiger partial charge in [0.25, 0.3) is 5.91 Å². The van der Waals surface area contributed by atoms with Gasteiger partial charge in [0.2, 0.25) is 5.91 Å². The maximum Gasteiger partial charge on any atom is 0.255 e. The number of halogens is 2. The molecule has 0 saturated carbocycles. The minimum Gasteiger partial charge on any atom is -0.326 e. The van der Waals surface area contributed by atoms with Crippen molar-refractivity contribution in [2.75, 3.05) is 17.2 Å². The SMILES string of the molecule is Cl.O=C1CCc2cc(C(=O)Nc3ccc4c(c3F)CCNC4)ccc2N1. The molecular formula is C19H19ClFN3O2. The second kappa shape index (κ2) is 7.43. The van der Waals surface area contributed by atoms with Crippen molar-refractivity contribution in [3.8, 4) is 0 Å². The summed E-state index contributed by atoms with van der Waals surface area (Å²) in [6, 6.07) is 8.57. The third-order valence-electron chi connectivity index (χ3n) is 4.72. The average molecular weight is 376 g/mol. The van der Waals surface area contributed by atoms with E-state index in [0.717, 1.165) is 23.4 Å². The van der Waals surface area contributed by atoms with Crippen molar-refractivity contribution in [2.24, 2.45) is 0 Å². The van der Waals surface area contributed by atoms with E-state index in [0.29, 0.717) is 36.9 Å². The van der Waals surface area contributed by atoms with Gasteiger partial charge < -0.3 is 16.0 Å². The molecule has 26 heavy (non-hydrogen) atoms. The van der Waals surface area contributed by atoms with Gasteiger partial charge in [-0.1, -0.05) is 6.07 Å². The van der Waals surface area contributed by atoms with E-state index in [1.165, 1.54) is 0 Å². The van der Waals surface area contributed by atoms with Gasteiger partial charge in [-0.25, -0.2) is 4.39 Å². The second-order valence-corrected chi connectivity index (χ2v) is 6.37. The molecule has 0 saturated heterocycles. The summed E-state index contributed by atoms with van der Waals surface area (Å²) in [6.07, 6.45) is 1.62. The molecule has 0 bridgehead atoms. The molecule has 2 amide bonds. The van der Waals surface area contributed by atoms with Crippen molar-refractivity contribution in [3.05, 3.63) is 58.4 Å². The fraction of sp³-hybridized carbons (Fsp3) is 0.263. The highest BCUT2D eigenvalue weighted by Crippen LogP contribution is 2.26. The standard InChI is InChI=1S/C19H18FN3O2.ClH/c20-18-14-7-8-21-10-13(14)2-5-16(18)23-19(25)12-1-4-15-11(9-12)3-6-17(24)22-15;/h1-2,4-5,9,21H,3,6-8,10H2,(H,22,24)(H,23,25);1H. The smallest absolute Gasteiger partial charge is 0.255 e. The first kappa shape index (κ1) is 18.4. The normalized spacial score (nSPS) is 15.2. The van der Waals surface area contributed by atoms with Gasteiger partial charge in [-0.15, -0.1) is 12.4 Å². The van der Waals surface area contributed by atoms with Crippen LogP contribution in [0.3, 0.4) is 0 Å². The first-order valence-electron chi connectivity index (χ1n) is 8.37. The largest absolute Gasteiger partial charge is 0.326 e. The number of carbonyl (C=O) groups excluding carboxylic acids is 2. The van der Waals surface area contributed by atoms with Crippen molar-refractivity contribution in [1.82, 2.24) is 5.32 Å². The second-order valence-electron chi connectivity index (χ2n) is 6.37. The Morgan fingerprint density at radius 3 is 2.77 bits per heavy atom. The number of aryl methyl sites for hydroxylation is 1. The Morgan fingerprint density at radius 1 is 1.08 bits per heavy atom. The van der Waals surface area contributed by atoms with Gasteiger partial charge in [0.05, 0.1) is 5.69 Å². The Labute approximate surface area is 156 Å². The van der Waals surface area contributed by atoms with E-state index >= 15 is 0 Å². The Kier molecular flexibility index (Phi) is 5.25. The lowest BCUT2D eigenvalue weighted by atomic mass is 9.98. The Balaban J connectivity index is 0.00000196. The van der Waals surface area contributed by atoms with Gasteiger partial charge in [0, 0.05) is 24.2 Å². The van der Waals surface area contributed by atoms with Crippen molar-refractivity contribution in [3.63, 3.8) is 0 Å². The number of carbonyl (C=O) groups is 2. The first-order valence-corrected chi connectivity index (χ1v) is 8.37. The highest BCUT2D eigenvalue weighted by molar-refractivity contribution is 6.05. The molecule has 0 fully saturated rings. The average Bonchev–Trinajstić information content (AvgIpc) is 2.63. The van der Waals surface area contributed by atoms with Crippen LogP contribution >= 0.6 is 12.4 Å². The minimum atomic E-state index is -0.354. The van der Waals surface area contributed by atoms with E-state index in [1.807, 2.05) is 6.07 Å². The molecule has 4 rings (SSSR count). The third kappa shape index (κ3) is 3.43. The molecule has 0 radical (unpaired) electrons. The molecule has 7 heteroatoms. The van der Waals surface area contributed by atoms with Crippen LogP contribution in [0.15, 0.2) is 30.3 Å². The number of amides is 2. The van der Waals surface area contributed by atoms with Crippen LogP contribution in [-0.2, 0) is 24.2 Å². The minimum absolute atomic E-state index is 0. The zero-order valence-corrected chi connectivity index (χ0v) is 14.8. The fourth-order valence-corrected chi connectivity index (χ4v) is 3.35. The summed E-state index contributed by atoms with van der Waals surface area (Å²) in [5, 5.41) is 8.66. The monoisotopic (exact) mass is 375 g/mol. The van der Waals surface area contributed by atoms with Crippen molar-refractivity contribution in [2.45, 2.75) is 25.8 Å². The summed E-state index contributed by atoms with van der Waals surface area (Å²) in [7, 11) is 0. The van der Waals surface area contributed by atoms with Crippen molar-refractivity contribution in [1.29, 1.82) is 0 Å². The van der Waals surface area contributed by atoms with E-state index in [2.05, 4.69) is 16.0 Å². The number of hydrogen-bond acceptors (Lipinski definition) is 3. The van der Waals surface area contributed by atoms with Crippen LogP contribution in [0.5, 0.6) is 0 Å². The van der Waals surface area contributed by atoms with E-state index < -0.39 is 0 Å². The quantitative estimate of drug-likeness (QED) is 0.755. The van der Waals surface area contributed by atoms with Crippen LogP contribution in [0, 0.1) is 5.82 Å². The number of rotatable bonds is 2. The van der Waals surface area contributed by atoms with Gasteiger partial charge in [0.1, 0.15) is 5.82 Å². The van der Waals surface area contributed by atoms with Crippen LogP contribution in [0.4, 0.5) is 15.8 Å². The third-order valence-corrected chi connectivity index (χ3v) is 4.72. The van der Waals surface area contributed by atoms with Gasteiger partial charge >= 0.3 is 0 Å². The summed E-state index contributed by atoms with van der Waals surface area (Å²) in [6.45, 7) is 1.38. The number of hydrogen-bond donors (Lipinski definition) is 3. The van der Waals surface area contributed by atoms with Crippen molar-refractivity contribution >= 4 is 35.6 Å². The predicted molar refractivity (Wildman–Crippen MR) is 100 cm³/mol. The number of fused-ring (bicyclic) bond motifs is 2. The molecule has 2 aromatic carbocycles. The lowest BCUT2D eigenvalue weighted by Gasteiger charge is -2.20. The highest BCUT2D eigenvalue weighted by Gasteiger charge is 2.20. The molecule has 2 aliphatic rings. The molecule has 5 nitrogen and oxygen atoms in total. The van der Waals surface area contributed by atoms with E-state index in [4.69, 9.17) is 0 Å². The lowest BCUT2D eigenvalue weighted by Crippen LogP contribution is -2.25. The zero-order valence-electron chi connectivity index (χ0n) is 14.0. The maximum absolute atomic E-state index is 14.7. The molecule has 0 aromatic heterocycles. The molecule has 0 unspecified atom stereocenters. The van der Waals surface area contributed by atoms with Crippen LogP contribution < -0.4 is 16.0 Å². The van der Waals surface area contributed by atoms with Crippen LogP contribution in [0.2, 0.25) is 0 Å². The van der Waals surface area contributed by atoms with E-state index in [9.17, 15) is 14.0 Å². The molecule has 0 atom stereocenters. The summed E-state index contributed by atoms with van der Waals surface area (Å²) in [5.41, 5.74) is 3.92. The summed E-state index contributed by atoms with van der Waals surface area (Å²) >= 11 is 0. The van der Waals surface area contributed by atoms with E-state index in [-0.39, 0.29) is 35.7 Å². The van der Waals surface area contributed by atoms with Crippen LogP contribution in [0.1, 0.15) is 33.5 Å². The summed E-state index contributed by atoms with van der Waals surface area (Å²) < 4.78 is 14.7. The topological polar surface area (TPSA) is 70.2 Å². The van der Waals surface area contributed by atoms with Crippen LogP contribution in [0.25, 0.3) is 0 Å². The molecule has 2 aliphatic heterocycles. The Bertz CT molecular complexity index is 885. The summed E-state index contributed by atoms with van der Waals surface area (Å²) in [4.78, 5) is 23.9. The van der Waals surface area contributed by atoms with Crippen LogP contribution in [-0.4, -0.2) is 18.4 Å².